The maximum Gasteiger partial charge on any atom is 0.238 e. The highest BCUT2D eigenvalue weighted by molar-refractivity contribution is 6.33. The predicted molar refractivity (Wildman–Crippen MR) is 93.0 cm³/mol. The zero-order valence-corrected chi connectivity index (χ0v) is 14.4. The van der Waals surface area contributed by atoms with Crippen molar-refractivity contribution in [1.82, 2.24) is 15.0 Å². The molecule has 1 aromatic heterocycles. The number of halogens is 1. The van der Waals surface area contributed by atoms with Crippen molar-refractivity contribution in [2.75, 3.05) is 38.0 Å². The smallest absolute Gasteiger partial charge is 0.238 e. The fourth-order valence-corrected chi connectivity index (χ4v) is 3.05. The SMILES string of the molecule is Cc1ccc(NC(=O)CN2CCN(Cc3ccon3)CC2)c(Cl)c1. The van der Waals surface area contributed by atoms with E-state index in [4.69, 9.17) is 16.1 Å². The highest BCUT2D eigenvalue weighted by Gasteiger charge is 2.20. The van der Waals surface area contributed by atoms with Gasteiger partial charge >= 0.3 is 0 Å². The van der Waals surface area contributed by atoms with Crippen molar-refractivity contribution in [3.05, 3.63) is 46.8 Å². The van der Waals surface area contributed by atoms with Gasteiger partial charge in [-0.1, -0.05) is 22.8 Å². The van der Waals surface area contributed by atoms with E-state index in [1.54, 1.807) is 6.26 Å². The number of carbonyl (C=O) groups is 1. The van der Waals surface area contributed by atoms with E-state index in [1.807, 2.05) is 31.2 Å². The van der Waals surface area contributed by atoms with Crippen LogP contribution in [-0.2, 0) is 11.3 Å². The van der Waals surface area contributed by atoms with Crippen LogP contribution in [0.1, 0.15) is 11.3 Å². The first kappa shape index (κ1) is 17.0. The van der Waals surface area contributed by atoms with E-state index in [-0.39, 0.29) is 5.91 Å². The molecule has 0 atom stereocenters. The molecule has 0 saturated carbocycles. The van der Waals surface area contributed by atoms with Crippen LogP contribution in [0, 0.1) is 6.92 Å². The number of carbonyl (C=O) groups excluding carboxylic acids is 1. The second-order valence-corrected chi connectivity index (χ2v) is 6.48. The summed E-state index contributed by atoms with van der Waals surface area (Å²) in [5.41, 5.74) is 2.67. The molecule has 1 saturated heterocycles. The topological polar surface area (TPSA) is 61.6 Å². The monoisotopic (exact) mass is 348 g/mol. The number of piperazine rings is 1. The molecule has 0 unspecified atom stereocenters. The van der Waals surface area contributed by atoms with Crippen LogP contribution in [0.4, 0.5) is 5.69 Å². The van der Waals surface area contributed by atoms with Crippen molar-refractivity contribution < 1.29 is 9.32 Å². The van der Waals surface area contributed by atoms with Gasteiger partial charge in [-0.05, 0) is 24.6 Å². The van der Waals surface area contributed by atoms with Gasteiger partial charge in [0.1, 0.15) is 6.26 Å². The number of aryl methyl sites for hydroxylation is 1. The van der Waals surface area contributed by atoms with Gasteiger partial charge in [-0.2, -0.15) is 0 Å². The molecule has 1 aliphatic heterocycles. The molecule has 1 fully saturated rings. The number of nitrogens with one attached hydrogen (secondary N) is 1. The number of aromatic nitrogens is 1. The Labute approximate surface area is 146 Å². The Morgan fingerprint density at radius 1 is 1.25 bits per heavy atom. The van der Waals surface area contributed by atoms with Gasteiger partial charge in [-0.25, -0.2) is 0 Å². The van der Waals surface area contributed by atoms with Crippen LogP contribution < -0.4 is 5.32 Å². The molecular formula is C17H21ClN4O2. The number of benzene rings is 1. The van der Waals surface area contributed by atoms with E-state index in [0.29, 0.717) is 17.3 Å². The molecule has 0 bridgehead atoms. The minimum atomic E-state index is -0.0364. The average Bonchev–Trinajstić information content (AvgIpc) is 3.05. The van der Waals surface area contributed by atoms with Gasteiger partial charge < -0.3 is 9.84 Å². The molecule has 1 N–H and O–H groups in total. The van der Waals surface area contributed by atoms with Gasteiger partial charge in [-0.15, -0.1) is 0 Å². The highest BCUT2D eigenvalue weighted by atomic mass is 35.5. The van der Waals surface area contributed by atoms with E-state index in [2.05, 4.69) is 20.3 Å². The van der Waals surface area contributed by atoms with E-state index < -0.39 is 0 Å². The van der Waals surface area contributed by atoms with Gasteiger partial charge in [0.25, 0.3) is 0 Å². The van der Waals surface area contributed by atoms with Crippen molar-refractivity contribution in [1.29, 1.82) is 0 Å². The fourth-order valence-electron chi connectivity index (χ4n) is 2.77. The van der Waals surface area contributed by atoms with Crippen LogP contribution in [0.3, 0.4) is 0 Å². The van der Waals surface area contributed by atoms with Gasteiger partial charge in [0.15, 0.2) is 0 Å². The number of amides is 1. The largest absolute Gasteiger partial charge is 0.364 e. The number of hydrogen-bond donors (Lipinski definition) is 1. The molecular weight excluding hydrogens is 328 g/mol. The predicted octanol–water partition coefficient (Wildman–Crippen LogP) is 2.39. The zero-order chi connectivity index (χ0) is 16.9. The van der Waals surface area contributed by atoms with Crippen LogP contribution in [0.25, 0.3) is 0 Å². The number of rotatable bonds is 5. The minimum Gasteiger partial charge on any atom is -0.364 e. The standard InChI is InChI=1S/C17H21ClN4O2/c1-13-2-3-16(15(18)10-13)19-17(23)12-22-7-5-21(6-8-22)11-14-4-9-24-20-14/h2-4,9-10H,5-8,11-12H2,1H3,(H,19,23). The molecule has 6 nitrogen and oxygen atoms in total. The molecule has 24 heavy (non-hydrogen) atoms. The summed E-state index contributed by atoms with van der Waals surface area (Å²) in [5, 5.41) is 7.39. The third-order valence-electron chi connectivity index (χ3n) is 4.11. The van der Waals surface area contributed by atoms with E-state index in [1.165, 1.54) is 0 Å². The molecule has 2 aromatic rings. The lowest BCUT2D eigenvalue weighted by Crippen LogP contribution is -2.48. The third-order valence-corrected chi connectivity index (χ3v) is 4.42. The Hall–Kier alpha value is -1.89. The van der Waals surface area contributed by atoms with E-state index in [9.17, 15) is 4.79 Å². The summed E-state index contributed by atoms with van der Waals surface area (Å²) in [7, 11) is 0. The Balaban J connectivity index is 1.44. The number of anilines is 1. The van der Waals surface area contributed by atoms with Crippen LogP contribution in [0.2, 0.25) is 5.02 Å². The quantitative estimate of drug-likeness (QED) is 0.899. The second-order valence-electron chi connectivity index (χ2n) is 6.07. The van der Waals surface area contributed by atoms with Gasteiger partial charge in [-0.3, -0.25) is 14.6 Å². The Morgan fingerprint density at radius 3 is 2.67 bits per heavy atom. The molecule has 7 heteroatoms. The molecule has 0 aliphatic carbocycles. The van der Waals surface area contributed by atoms with Gasteiger partial charge in [0.05, 0.1) is 22.9 Å². The van der Waals surface area contributed by atoms with Gasteiger partial charge in [0.2, 0.25) is 5.91 Å². The number of nitrogens with zero attached hydrogens (tertiary/aromatic N) is 3. The first-order valence-electron chi connectivity index (χ1n) is 8.00. The summed E-state index contributed by atoms with van der Waals surface area (Å²) in [6, 6.07) is 7.50. The zero-order valence-electron chi connectivity index (χ0n) is 13.7. The molecule has 1 aromatic carbocycles. The third kappa shape index (κ3) is 4.56. The van der Waals surface area contributed by atoms with E-state index in [0.717, 1.165) is 44.0 Å². The number of hydrogen-bond acceptors (Lipinski definition) is 5. The molecule has 1 aliphatic rings. The summed E-state index contributed by atoms with van der Waals surface area (Å²) in [6.45, 7) is 6.66. The lowest BCUT2D eigenvalue weighted by molar-refractivity contribution is -0.117. The molecule has 128 valence electrons. The first-order chi connectivity index (χ1) is 11.6. The molecule has 2 heterocycles. The lowest BCUT2D eigenvalue weighted by atomic mass is 10.2. The Kier molecular flexibility index (Phi) is 5.50. The van der Waals surface area contributed by atoms with Crippen LogP contribution in [0.5, 0.6) is 0 Å². The molecule has 0 radical (unpaired) electrons. The second kappa shape index (κ2) is 7.79. The fraction of sp³-hybridized carbons (Fsp3) is 0.412. The summed E-state index contributed by atoms with van der Waals surface area (Å²) >= 11 is 6.15. The van der Waals surface area contributed by atoms with Crippen molar-refractivity contribution in [3.63, 3.8) is 0 Å². The first-order valence-corrected chi connectivity index (χ1v) is 8.38. The van der Waals surface area contributed by atoms with Crippen molar-refractivity contribution in [2.45, 2.75) is 13.5 Å². The lowest BCUT2D eigenvalue weighted by Gasteiger charge is -2.33. The summed E-state index contributed by atoms with van der Waals surface area (Å²) in [5.74, 6) is -0.0364. The highest BCUT2D eigenvalue weighted by Crippen LogP contribution is 2.22. The van der Waals surface area contributed by atoms with Crippen LogP contribution in [-0.4, -0.2) is 53.6 Å². The maximum atomic E-state index is 12.2. The Morgan fingerprint density at radius 2 is 2.00 bits per heavy atom. The maximum absolute atomic E-state index is 12.2. The molecule has 3 rings (SSSR count). The van der Waals surface area contributed by atoms with Crippen molar-refractivity contribution in [3.8, 4) is 0 Å². The summed E-state index contributed by atoms with van der Waals surface area (Å²) in [6.07, 6.45) is 1.59. The minimum absolute atomic E-state index is 0.0364. The van der Waals surface area contributed by atoms with Crippen LogP contribution >= 0.6 is 11.6 Å². The van der Waals surface area contributed by atoms with Gasteiger partial charge in [0, 0.05) is 38.8 Å². The van der Waals surface area contributed by atoms with Crippen LogP contribution in [0.15, 0.2) is 35.1 Å². The summed E-state index contributed by atoms with van der Waals surface area (Å²) in [4.78, 5) is 16.7. The van der Waals surface area contributed by atoms with E-state index >= 15 is 0 Å². The van der Waals surface area contributed by atoms with Crippen molar-refractivity contribution in [2.24, 2.45) is 0 Å². The normalized spacial score (nSPS) is 16.2. The van der Waals surface area contributed by atoms with Crippen molar-refractivity contribution >= 4 is 23.2 Å². The molecule has 1 amide bonds. The average molecular weight is 349 g/mol. The molecule has 0 spiro atoms. The summed E-state index contributed by atoms with van der Waals surface area (Å²) < 4.78 is 4.85. The Bertz CT molecular complexity index is 682.